The lowest BCUT2D eigenvalue weighted by Gasteiger charge is -2.13. The van der Waals surface area contributed by atoms with Crippen LogP contribution in [0.5, 0.6) is 0 Å². The number of benzene rings is 2. The smallest absolute Gasteiger partial charge is 0.269 e. The van der Waals surface area contributed by atoms with E-state index in [2.05, 4.69) is 20.9 Å². The number of anilines is 1. The van der Waals surface area contributed by atoms with E-state index in [9.17, 15) is 14.5 Å². The molecule has 0 aliphatic carbocycles. The lowest BCUT2D eigenvalue weighted by Crippen LogP contribution is -2.39. The largest absolute Gasteiger partial charge is 0.383 e. The number of guanidine groups is 1. The molecule has 2 aromatic carbocycles. The van der Waals surface area contributed by atoms with Crippen LogP contribution in [0.15, 0.2) is 47.5 Å². The zero-order chi connectivity index (χ0) is 18.9. The lowest BCUT2D eigenvalue weighted by atomic mass is 10.1. The summed E-state index contributed by atoms with van der Waals surface area (Å²) in [6.07, 6.45) is 0. The molecule has 9 heteroatoms. The molecule has 0 aliphatic rings. The Morgan fingerprint density at radius 1 is 1.15 bits per heavy atom. The van der Waals surface area contributed by atoms with Crippen LogP contribution in [0.1, 0.15) is 11.1 Å². The first-order chi connectivity index (χ1) is 12.5. The number of halogens is 2. The van der Waals surface area contributed by atoms with Gasteiger partial charge in [0.1, 0.15) is 5.82 Å². The molecule has 146 valence electrons. The maximum atomic E-state index is 13.5. The number of non-ortho nitro benzene ring substituents is 1. The Labute approximate surface area is 174 Å². The van der Waals surface area contributed by atoms with Gasteiger partial charge in [-0.3, -0.25) is 15.1 Å². The predicted octanol–water partition coefficient (Wildman–Crippen LogP) is 3.44. The standard InChI is InChI=1S/C18H22FN5O2.HI/c1-13-3-4-14(11-17(13)19)12-23-18(20-2)22-10-9-21-15-5-7-16(8-6-15)24(25)26;/h3-8,11,21H,9-10,12H2,1-2H3,(H2,20,22,23);1H. The summed E-state index contributed by atoms with van der Waals surface area (Å²) < 4.78 is 13.5. The van der Waals surface area contributed by atoms with Crippen LogP contribution in [-0.4, -0.2) is 31.0 Å². The molecule has 0 atom stereocenters. The zero-order valence-corrected chi connectivity index (χ0v) is 17.5. The van der Waals surface area contributed by atoms with Gasteiger partial charge in [-0.05, 0) is 36.2 Å². The van der Waals surface area contributed by atoms with Crippen LogP contribution in [0.4, 0.5) is 15.8 Å². The number of nitrogens with zero attached hydrogens (tertiary/aromatic N) is 2. The summed E-state index contributed by atoms with van der Waals surface area (Å²) in [4.78, 5) is 14.3. The molecule has 0 aromatic heterocycles. The molecule has 3 N–H and O–H groups in total. The molecule has 0 heterocycles. The highest BCUT2D eigenvalue weighted by Crippen LogP contribution is 2.14. The topological polar surface area (TPSA) is 91.6 Å². The van der Waals surface area contributed by atoms with E-state index < -0.39 is 4.92 Å². The lowest BCUT2D eigenvalue weighted by molar-refractivity contribution is -0.384. The predicted molar refractivity (Wildman–Crippen MR) is 116 cm³/mol. The van der Waals surface area contributed by atoms with Crippen molar-refractivity contribution in [2.45, 2.75) is 13.5 Å². The van der Waals surface area contributed by atoms with E-state index in [1.807, 2.05) is 6.07 Å². The summed E-state index contributed by atoms with van der Waals surface area (Å²) in [5.74, 6) is 0.385. The average molecular weight is 487 g/mol. The van der Waals surface area contributed by atoms with Gasteiger partial charge in [0.25, 0.3) is 5.69 Å². The molecule has 7 nitrogen and oxygen atoms in total. The average Bonchev–Trinajstić information content (AvgIpc) is 2.64. The number of rotatable bonds is 7. The molecule has 0 saturated heterocycles. The van der Waals surface area contributed by atoms with Crippen LogP contribution < -0.4 is 16.0 Å². The Hall–Kier alpha value is -2.43. The minimum atomic E-state index is -0.430. The van der Waals surface area contributed by atoms with E-state index in [1.54, 1.807) is 32.2 Å². The van der Waals surface area contributed by atoms with E-state index in [0.29, 0.717) is 31.2 Å². The van der Waals surface area contributed by atoms with Crippen LogP contribution >= 0.6 is 24.0 Å². The van der Waals surface area contributed by atoms with Crippen molar-refractivity contribution in [1.82, 2.24) is 10.6 Å². The quantitative estimate of drug-likeness (QED) is 0.139. The number of nitro benzene ring substituents is 1. The number of aryl methyl sites for hydroxylation is 1. The van der Waals surface area contributed by atoms with E-state index >= 15 is 0 Å². The minimum absolute atomic E-state index is 0. The van der Waals surface area contributed by atoms with Crippen LogP contribution in [0, 0.1) is 22.9 Å². The Kier molecular flexibility index (Phi) is 9.48. The van der Waals surface area contributed by atoms with Crippen molar-refractivity contribution in [1.29, 1.82) is 0 Å². The summed E-state index contributed by atoms with van der Waals surface area (Å²) in [6, 6.07) is 11.4. The highest BCUT2D eigenvalue weighted by molar-refractivity contribution is 14.0. The highest BCUT2D eigenvalue weighted by Gasteiger charge is 2.04. The van der Waals surface area contributed by atoms with Crippen LogP contribution in [0.2, 0.25) is 0 Å². The van der Waals surface area contributed by atoms with Crippen molar-refractivity contribution in [2.24, 2.45) is 4.99 Å². The fourth-order valence-electron chi connectivity index (χ4n) is 2.24. The Morgan fingerprint density at radius 2 is 1.85 bits per heavy atom. The minimum Gasteiger partial charge on any atom is -0.383 e. The molecule has 2 aromatic rings. The van der Waals surface area contributed by atoms with Gasteiger partial charge in [0, 0.05) is 44.5 Å². The van der Waals surface area contributed by atoms with Gasteiger partial charge in [-0.1, -0.05) is 12.1 Å². The number of hydrogen-bond donors (Lipinski definition) is 3. The number of nitro groups is 1. The van der Waals surface area contributed by atoms with Gasteiger partial charge in [-0.2, -0.15) is 0 Å². The van der Waals surface area contributed by atoms with Crippen molar-refractivity contribution in [3.63, 3.8) is 0 Å². The molecular formula is C18H23FIN5O2. The van der Waals surface area contributed by atoms with E-state index in [4.69, 9.17) is 0 Å². The first-order valence-corrected chi connectivity index (χ1v) is 8.17. The fourth-order valence-corrected chi connectivity index (χ4v) is 2.24. The molecule has 2 rings (SSSR count). The molecular weight excluding hydrogens is 464 g/mol. The molecule has 0 radical (unpaired) electrons. The van der Waals surface area contributed by atoms with E-state index in [-0.39, 0.29) is 35.5 Å². The van der Waals surface area contributed by atoms with Crippen LogP contribution in [0.3, 0.4) is 0 Å². The second-order valence-electron chi connectivity index (χ2n) is 5.67. The zero-order valence-electron chi connectivity index (χ0n) is 15.2. The van der Waals surface area contributed by atoms with Gasteiger partial charge in [0.15, 0.2) is 5.96 Å². The van der Waals surface area contributed by atoms with E-state index in [1.165, 1.54) is 18.2 Å². The number of aliphatic imine (C=N–C) groups is 1. The third-order valence-corrected chi connectivity index (χ3v) is 3.74. The van der Waals surface area contributed by atoms with Gasteiger partial charge in [0.2, 0.25) is 0 Å². The molecule has 0 amide bonds. The summed E-state index contributed by atoms with van der Waals surface area (Å²) in [5, 5.41) is 20.0. The van der Waals surface area contributed by atoms with Crippen LogP contribution in [0.25, 0.3) is 0 Å². The van der Waals surface area contributed by atoms with Crippen molar-refractivity contribution >= 4 is 41.3 Å². The molecule has 0 fully saturated rings. The normalized spacial score (nSPS) is 10.7. The Morgan fingerprint density at radius 3 is 2.44 bits per heavy atom. The molecule has 27 heavy (non-hydrogen) atoms. The summed E-state index contributed by atoms with van der Waals surface area (Å²) in [6.45, 7) is 3.40. The summed E-state index contributed by atoms with van der Waals surface area (Å²) in [7, 11) is 1.66. The third kappa shape index (κ3) is 7.37. The Balaban J connectivity index is 0.00000364. The maximum Gasteiger partial charge on any atom is 0.269 e. The van der Waals surface area contributed by atoms with E-state index in [0.717, 1.165) is 11.3 Å². The Bertz CT molecular complexity index is 784. The second kappa shape index (κ2) is 11.3. The van der Waals surface area contributed by atoms with Gasteiger partial charge in [0.05, 0.1) is 4.92 Å². The summed E-state index contributed by atoms with van der Waals surface area (Å²) >= 11 is 0. The number of nitrogens with one attached hydrogen (secondary N) is 3. The SMILES string of the molecule is CN=C(NCCNc1ccc([N+](=O)[O-])cc1)NCc1ccc(C)c(F)c1.I. The van der Waals surface area contributed by atoms with Gasteiger partial charge >= 0.3 is 0 Å². The van der Waals surface area contributed by atoms with Gasteiger partial charge < -0.3 is 16.0 Å². The highest BCUT2D eigenvalue weighted by atomic mass is 127. The molecule has 0 bridgehead atoms. The molecule has 0 unspecified atom stereocenters. The molecule has 0 saturated carbocycles. The van der Waals surface area contributed by atoms with Gasteiger partial charge in [-0.15, -0.1) is 24.0 Å². The first kappa shape index (κ1) is 22.6. The van der Waals surface area contributed by atoms with Crippen LogP contribution in [-0.2, 0) is 6.54 Å². The molecule has 0 spiro atoms. The van der Waals surface area contributed by atoms with Gasteiger partial charge in [-0.25, -0.2) is 4.39 Å². The van der Waals surface area contributed by atoms with Crippen molar-refractivity contribution < 1.29 is 9.31 Å². The monoisotopic (exact) mass is 487 g/mol. The fraction of sp³-hybridized carbons (Fsp3) is 0.278. The maximum absolute atomic E-state index is 13.5. The van der Waals surface area contributed by atoms with Crippen molar-refractivity contribution in [3.8, 4) is 0 Å². The third-order valence-electron chi connectivity index (χ3n) is 3.74. The summed E-state index contributed by atoms with van der Waals surface area (Å²) in [5.41, 5.74) is 2.31. The second-order valence-corrected chi connectivity index (χ2v) is 5.67. The number of hydrogen-bond acceptors (Lipinski definition) is 4. The van der Waals surface area contributed by atoms with Crippen molar-refractivity contribution in [3.05, 3.63) is 69.5 Å². The van der Waals surface area contributed by atoms with Crippen molar-refractivity contribution in [2.75, 3.05) is 25.5 Å². The first-order valence-electron chi connectivity index (χ1n) is 8.17. The molecule has 0 aliphatic heterocycles.